The number of benzene rings is 3. The number of alkyl halides is 3. The van der Waals surface area contributed by atoms with Crippen LogP contribution in [-0.2, 0) is 6.18 Å². The Balaban J connectivity index is 1.43. The van der Waals surface area contributed by atoms with E-state index in [9.17, 15) is 18.0 Å². The lowest BCUT2D eigenvalue weighted by atomic mass is 10.0. The first kappa shape index (κ1) is 22.0. The molecule has 5 nitrogen and oxygen atoms in total. The molecule has 1 amide bonds. The van der Waals surface area contributed by atoms with Crippen molar-refractivity contribution < 1.29 is 27.1 Å². The number of fused-ring (bicyclic) bond motifs is 1. The Morgan fingerprint density at radius 1 is 1.09 bits per heavy atom. The van der Waals surface area contributed by atoms with E-state index < -0.39 is 11.7 Å². The van der Waals surface area contributed by atoms with Crippen LogP contribution in [0.1, 0.15) is 40.7 Å². The molecule has 3 aromatic carbocycles. The largest absolute Gasteiger partial charge is 0.496 e. The highest BCUT2D eigenvalue weighted by atomic mass is 19.4. The van der Waals surface area contributed by atoms with Crippen LogP contribution >= 0.6 is 0 Å². The molecular weight excluding hydrogens is 445 g/mol. The van der Waals surface area contributed by atoms with Gasteiger partial charge in [0.15, 0.2) is 5.58 Å². The fraction of sp³-hybridized carbons (Fsp3) is 0.231. The van der Waals surface area contributed by atoms with Crippen molar-refractivity contribution in [2.75, 3.05) is 13.7 Å². The fourth-order valence-electron chi connectivity index (χ4n) is 4.37. The van der Waals surface area contributed by atoms with E-state index in [1.807, 2.05) is 42.5 Å². The molecule has 1 aliphatic rings. The molecule has 1 atom stereocenters. The fourth-order valence-corrected chi connectivity index (χ4v) is 4.37. The summed E-state index contributed by atoms with van der Waals surface area (Å²) in [5.41, 5.74) is 2.53. The number of para-hydroxylation sites is 1. The van der Waals surface area contributed by atoms with E-state index in [1.54, 1.807) is 12.0 Å². The van der Waals surface area contributed by atoms with Gasteiger partial charge in [0, 0.05) is 17.7 Å². The zero-order valence-electron chi connectivity index (χ0n) is 18.3. The molecule has 0 bridgehead atoms. The SMILES string of the molecule is COc1ccccc1-c1ccc2oc([C@@H]3CCCN3C(=O)c3ccc(C(F)(F)F)cc3)nc2c1. The molecule has 4 aromatic rings. The van der Waals surface area contributed by atoms with Gasteiger partial charge in [0.1, 0.15) is 17.3 Å². The van der Waals surface area contributed by atoms with E-state index in [1.165, 1.54) is 12.1 Å². The van der Waals surface area contributed by atoms with Crippen molar-refractivity contribution in [1.29, 1.82) is 0 Å². The van der Waals surface area contributed by atoms with Crippen molar-refractivity contribution in [3.8, 4) is 16.9 Å². The number of hydrogen-bond donors (Lipinski definition) is 0. The Morgan fingerprint density at radius 3 is 2.59 bits per heavy atom. The number of oxazole rings is 1. The van der Waals surface area contributed by atoms with Crippen LogP contribution in [0.2, 0.25) is 0 Å². The van der Waals surface area contributed by atoms with Crippen LogP contribution in [0.3, 0.4) is 0 Å². The van der Waals surface area contributed by atoms with Crippen LogP contribution in [0.25, 0.3) is 22.2 Å². The lowest BCUT2D eigenvalue weighted by Crippen LogP contribution is -2.30. The number of hydrogen-bond acceptors (Lipinski definition) is 4. The topological polar surface area (TPSA) is 55.6 Å². The Bertz CT molecular complexity index is 1350. The van der Waals surface area contributed by atoms with E-state index in [2.05, 4.69) is 4.98 Å². The lowest BCUT2D eigenvalue weighted by Gasteiger charge is -2.22. The van der Waals surface area contributed by atoms with Gasteiger partial charge in [0.05, 0.1) is 12.7 Å². The van der Waals surface area contributed by atoms with Crippen molar-refractivity contribution >= 4 is 17.0 Å². The van der Waals surface area contributed by atoms with Gasteiger partial charge in [0.2, 0.25) is 5.89 Å². The predicted octanol–water partition coefficient (Wildman–Crippen LogP) is 6.50. The number of aromatic nitrogens is 1. The number of nitrogens with zero attached hydrogens (tertiary/aromatic N) is 2. The van der Waals surface area contributed by atoms with Gasteiger partial charge in [-0.15, -0.1) is 0 Å². The lowest BCUT2D eigenvalue weighted by molar-refractivity contribution is -0.137. The molecule has 174 valence electrons. The second kappa shape index (κ2) is 8.52. The summed E-state index contributed by atoms with van der Waals surface area (Å²) >= 11 is 0. The van der Waals surface area contributed by atoms with E-state index in [4.69, 9.17) is 9.15 Å². The standard InChI is InChI=1S/C26H21F3N2O3/c1-33-22-7-3-2-5-19(22)17-10-13-23-20(15-17)30-24(34-23)21-6-4-14-31(21)25(32)16-8-11-18(12-9-16)26(27,28)29/h2-3,5,7-13,15,21H,4,6,14H2,1H3/t21-/m0/s1. The van der Waals surface area contributed by atoms with E-state index >= 15 is 0 Å². The normalized spacial score (nSPS) is 16.2. The minimum atomic E-state index is -4.45. The number of carbonyl (C=O) groups is 1. The monoisotopic (exact) mass is 466 g/mol. The maximum Gasteiger partial charge on any atom is 0.416 e. The highest BCUT2D eigenvalue weighted by Crippen LogP contribution is 2.37. The number of carbonyl (C=O) groups excluding carboxylic acids is 1. The van der Waals surface area contributed by atoms with Gasteiger partial charge >= 0.3 is 6.18 Å². The summed E-state index contributed by atoms with van der Waals surface area (Å²) in [4.78, 5) is 19.4. The van der Waals surface area contributed by atoms with Gasteiger partial charge in [-0.25, -0.2) is 4.98 Å². The molecular formula is C26H21F3N2O3. The Hall–Kier alpha value is -3.81. The first-order valence-corrected chi connectivity index (χ1v) is 10.9. The van der Waals surface area contributed by atoms with Gasteiger partial charge in [0.25, 0.3) is 5.91 Å². The molecule has 1 fully saturated rings. The van der Waals surface area contributed by atoms with Crippen molar-refractivity contribution in [2.45, 2.75) is 25.1 Å². The third kappa shape index (κ3) is 4.00. The minimum absolute atomic E-state index is 0.203. The van der Waals surface area contributed by atoms with Gasteiger partial charge in [-0.3, -0.25) is 4.79 Å². The maximum absolute atomic E-state index is 13.1. The van der Waals surface area contributed by atoms with Crippen molar-refractivity contribution in [1.82, 2.24) is 9.88 Å². The van der Waals surface area contributed by atoms with Crippen LogP contribution < -0.4 is 4.74 Å². The summed E-state index contributed by atoms with van der Waals surface area (Å²) in [6.07, 6.45) is -3.03. The summed E-state index contributed by atoms with van der Waals surface area (Å²) in [6, 6.07) is 17.3. The third-order valence-corrected chi connectivity index (χ3v) is 6.08. The number of likely N-dealkylation sites (tertiary alicyclic amines) is 1. The van der Waals surface area contributed by atoms with Gasteiger partial charge in [-0.1, -0.05) is 24.3 Å². The molecule has 0 unspecified atom stereocenters. The molecule has 5 rings (SSSR count). The molecule has 2 heterocycles. The molecule has 0 N–H and O–H groups in total. The summed E-state index contributed by atoms with van der Waals surface area (Å²) in [5, 5.41) is 0. The van der Waals surface area contributed by atoms with Crippen molar-refractivity contribution in [3.05, 3.63) is 83.7 Å². The minimum Gasteiger partial charge on any atom is -0.496 e. The van der Waals surface area contributed by atoms with Gasteiger partial charge < -0.3 is 14.1 Å². The van der Waals surface area contributed by atoms with Crippen LogP contribution in [0, 0.1) is 0 Å². The average molecular weight is 466 g/mol. The number of rotatable bonds is 4. The molecule has 0 aliphatic carbocycles. The second-order valence-corrected chi connectivity index (χ2v) is 8.17. The smallest absolute Gasteiger partial charge is 0.416 e. The van der Waals surface area contributed by atoms with Crippen molar-refractivity contribution in [2.24, 2.45) is 0 Å². The van der Waals surface area contributed by atoms with Gasteiger partial charge in [-0.05, 0) is 60.9 Å². The van der Waals surface area contributed by atoms with E-state index in [0.29, 0.717) is 30.0 Å². The molecule has 1 saturated heterocycles. The second-order valence-electron chi connectivity index (χ2n) is 8.17. The van der Waals surface area contributed by atoms with Crippen molar-refractivity contribution in [3.63, 3.8) is 0 Å². The number of halogens is 3. The highest BCUT2D eigenvalue weighted by molar-refractivity contribution is 5.94. The maximum atomic E-state index is 13.1. The molecule has 1 aliphatic heterocycles. The molecule has 8 heteroatoms. The molecule has 1 aromatic heterocycles. The van der Waals surface area contributed by atoms with Crippen LogP contribution in [0.5, 0.6) is 5.75 Å². The van der Waals surface area contributed by atoms with E-state index in [-0.39, 0.29) is 17.5 Å². The number of ether oxygens (including phenoxy) is 1. The Kier molecular flexibility index (Phi) is 5.51. The van der Waals surface area contributed by atoms with Crippen LogP contribution in [-0.4, -0.2) is 29.4 Å². The Labute approximate surface area is 193 Å². The summed E-state index contributed by atoms with van der Waals surface area (Å²) in [6.45, 7) is 0.482. The summed E-state index contributed by atoms with van der Waals surface area (Å²) < 4.78 is 50.0. The quantitative estimate of drug-likeness (QED) is 0.345. The number of amides is 1. The number of methoxy groups -OCH3 is 1. The Morgan fingerprint density at radius 2 is 1.85 bits per heavy atom. The first-order chi connectivity index (χ1) is 16.3. The third-order valence-electron chi connectivity index (χ3n) is 6.08. The first-order valence-electron chi connectivity index (χ1n) is 10.9. The summed E-state index contributed by atoms with van der Waals surface area (Å²) in [5.74, 6) is 0.827. The zero-order chi connectivity index (χ0) is 23.9. The molecule has 34 heavy (non-hydrogen) atoms. The van der Waals surface area contributed by atoms with Gasteiger partial charge in [-0.2, -0.15) is 13.2 Å². The van der Waals surface area contributed by atoms with E-state index in [0.717, 1.165) is 35.4 Å². The molecule has 0 saturated carbocycles. The van der Waals surface area contributed by atoms with Crippen LogP contribution in [0.4, 0.5) is 13.2 Å². The summed E-state index contributed by atoms with van der Waals surface area (Å²) in [7, 11) is 1.62. The zero-order valence-corrected chi connectivity index (χ0v) is 18.3. The molecule has 0 radical (unpaired) electrons. The molecule has 0 spiro atoms. The van der Waals surface area contributed by atoms with Crippen LogP contribution in [0.15, 0.2) is 71.1 Å². The average Bonchev–Trinajstić information content (AvgIpc) is 3.49. The highest BCUT2D eigenvalue weighted by Gasteiger charge is 2.35. The predicted molar refractivity (Wildman–Crippen MR) is 120 cm³/mol.